The van der Waals surface area contributed by atoms with Crippen molar-refractivity contribution in [2.24, 2.45) is 0 Å². The van der Waals surface area contributed by atoms with E-state index in [4.69, 9.17) is 9.84 Å². The minimum Gasteiger partial charge on any atom is -0.481 e. The summed E-state index contributed by atoms with van der Waals surface area (Å²) in [4.78, 5) is 23.3. The van der Waals surface area contributed by atoms with Crippen LogP contribution in [0.3, 0.4) is 0 Å². The predicted molar refractivity (Wildman–Crippen MR) is 199 cm³/mol. The van der Waals surface area contributed by atoms with Crippen LogP contribution in [-0.4, -0.2) is 23.1 Å². The summed E-state index contributed by atoms with van der Waals surface area (Å²) in [5.74, 6) is -0.793. The molecule has 4 nitrogen and oxygen atoms in total. The summed E-state index contributed by atoms with van der Waals surface area (Å²) in [6.07, 6.45) is 50.0. The summed E-state index contributed by atoms with van der Waals surface area (Å²) in [7, 11) is 0. The van der Waals surface area contributed by atoms with Gasteiger partial charge in [-0.2, -0.15) is 0 Å². The van der Waals surface area contributed by atoms with Crippen LogP contribution in [0.15, 0.2) is 48.6 Å². The van der Waals surface area contributed by atoms with Crippen molar-refractivity contribution in [3.63, 3.8) is 0 Å². The Labute approximate surface area is 285 Å². The Kier molecular flexibility index (Phi) is 35.7. The van der Waals surface area contributed by atoms with Gasteiger partial charge in [-0.1, -0.05) is 153 Å². The van der Waals surface area contributed by atoms with Gasteiger partial charge in [0.2, 0.25) is 0 Å². The first-order valence-corrected chi connectivity index (χ1v) is 19.6. The Morgan fingerprint density at radius 3 is 1.50 bits per heavy atom. The fraction of sp³-hybridized carbons (Fsp3) is 0.762. The molecule has 266 valence electrons. The molecular formula is C42H74O4. The van der Waals surface area contributed by atoms with Crippen molar-refractivity contribution in [1.29, 1.82) is 0 Å². The molecule has 0 fully saturated rings. The highest BCUT2D eigenvalue weighted by Crippen LogP contribution is 2.15. The van der Waals surface area contributed by atoms with E-state index in [9.17, 15) is 9.59 Å². The molecule has 1 N–H and O–H groups in total. The van der Waals surface area contributed by atoms with E-state index in [1.807, 2.05) is 0 Å². The molecule has 1 unspecified atom stereocenters. The summed E-state index contributed by atoms with van der Waals surface area (Å²) >= 11 is 0. The molecule has 0 saturated heterocycles. The number of carbonyl (C=O) groups excluding carboxylic acids is 1. The van der Waals surface area contributed by atoms with Gasteiger partial charge in [0.15, 0.2) is 0 Å². The lowest BCUT2D eigenvalue weighted by Gasteiger charge is -2.14. The van der Waals surface area contributed by atoms with Crippen LogP contribution in [0.4, 0.5) is 0 Å². The van der Waals surface area contributed by atoms with Crippen LogP contribution in [0, 0.1) is 0 Å². The van der Waals surface area contributed by atoms with E-state index < -0.39 is 5.97 Å². The Morgan fingerprint density at radius 2 is 0.913 bits per heavy atom. The standard InChI is InChI=1S/C42H74O4/c1-3-5-7-9-11-13-15-16-17-18-19-20-22-24-26-31-35-39-42(45)46-40(37-33-29-27-30-34-38-41(43)44)36-32-28-25-23-21-14-12-10-8-6-4-2/h12,14,16-17,23,25,32,36,40H,3-11,13,15,18-22,24,26-31,33-35,37-39H2,1-2H3,(H,43,44)/b14-12-,17-16-,25-23-,36-32-. The number of carboxylic acids is 1. The third-order valence-corrected chi connectivity index (χ3v) is 8.51. The van der Waals surface area contributed by atoms with Gasteiger partial charge in [0.05, 0.1) is 0 Å². The number of unbranched alkanes of at least 4 members (excludes halogenated alkanes) is 20. The Morgan fingerprint density at radius 1 is 0.500 bits per heavy atom. The average molecular weight is 643 g/mol. The molecule has 0 aromatic rings. The highest BCUT2D eigenvalue weighted by atomic mass is 16.5. The molecule has 0 saturated carbocycles. The van der Waals surface area contributed by atoms with Crippen molar-refractivity contribution < 1.29 is 19.4 Å². The maximum absolute atomic E-state index is 12.6. The van der Waals surface area contributed by atoms with Gasteiger partial charge in [0.1, 0.15) is 6.10 Å². The molecule has 0 radical (unpaired) electrons. The van der Waals surface area contributed by atoms with Crippen molar-refractivity contribution in [3.05, 3.63) is 48.6 Å². The lowest BCUT2D eigenvalue weighted by atomic mass is 10.1. The number of aliphatic carboxylic acids is 1. The number of ether oxygens (including phenoxy) is 1. The fourth-order valence-corrected chi connectivity index (χ4v) is 5.57. The van der Waals surface area contributed by atoms with Gasteiger partial charge in [-0.3, -0.25) is 9.59 Å². The smallest absolute Gasteiger partial charge is 0.306 e. The van der Waals surface area contributed by atoms with E-state index in [1.54, 1.807) is 0 Å². The summed E-state index contributed by atoms with van der Waals surface area (Å²) in [6.45, 7) is 4.51. The fourth-order valence-electron chi connectivity index (χ4n) is 5.57. The molecule has 0 spiro atoms. The van der Waals surface area contributed by atoms with Gasteiger partial charge < -0.3 is 9.84 Å². The Balaban J connectivity index is 4.13. The molecule has 0 aliphatic heterocycles. The zero-order valence-corrected chi connectivity index (χ0v) is 30.4. The summed E-state index contributed by atoms with van der Waals surface area (Å²) in [5.41, 5.74) is 0. The van der Waals surface area contributed by atoms with Crippen molar-refractivity contribution in [1.82, 2.24) is 0 Å². The Bertz CT molecular complexity index is 779. The van der Waals surface area contributed by atoms with E-state index in [2.05, 4.69) is 62.5 Å². The maximum atomic E-state index is 12.6. The van der Waals surface area contributed by atoms with Crippen LogP contribution in [0.1, 0.15) is 200 Å². The molecule has 0 aromatic carbocycles. The lowest BCUT2D eigenvalue weighted by Crippen LogP contribution is -2.16. The van der Waals surface area contributed by atoms with E-state index >= 15 is 0 Å². The molecule has 0 amide bonds. The normalized spacial score (nSPS) is 12.7. The number of esters is 1. The molecule has 46 heavy (non-hydrogen) atoms. The molecule has 0 rings (SSSR count). The van der Waals surface area contributed by atoms with Gasteiger partial charge in [0.25, 0.3) is 0 Å². The molecule has 0 aliphatic carbocycles. The highest BCUT2D eigenvalue weighted by molar-refractivity contribution is 5.69. The van der Waals surface area contributed by atoms with Crippen molar-refractivity contribution in [2.75, 3.05) is 0 Å². The molecule has 1 atom stereocenters. The lowest BCUT2D eigenvalue weighted by molar-refractivity contribution is -0.147. The van der Waals surface area contributed by atoms with Crippen LogP contribution >= 0.6 is 0 Å². The van der Waals surface area contributed by atoms with Crippen molar-refractivity contribution in [2.45, 2.75) is 206 Å². The Hall–Kier alpha value is -2.10. The monoisotopic (exact) mass is 643 g/mol. The van der Waals surface area contributed by atoms with Gasteiger partial charge in [0, 0.05) is 12.8 Å². The minimum absolute atomic E-state index is 0.0763. The molecule has 0 bridgehead atoms. The molecule has 0 aromatic heterocycles. The van der Waals surface area contributed by atoms with Gasteiger partial charge in [-0.15, -0.1) is 0 Å². The first-order valence-electron chi connectivity index (χ1n) is 19.6. The third-order valence-electron chi connectivity index (χ3n) is 8.51. The second kappa shape index (κ2) is 37.4. The predicted octanol–water partition coefficient (Wildman–Crippen LogP) is 13.6. The van der Waals surface area contributed by atoms with Gasteiger partial charge in [-0.25, -0.2) is 0 Å². The van der Waals surface area contributed by atoms with Crippen LogP contribution < -0.4 is 0 Å². The highest BCUT2D eigenvalue weighted by Gasteiger charge is 2.11. The van der Waals surface area contributed by atoms with Gasteiger partial charge >= 0.3 is 11.9 Å². The summed E-state index contributed by atoms with van der Waals surface area (Å²) < 4.78 is 5.89. The average Bonchev–Trinajstić information content (AvgIpc) is 3.04. The summed E-state index contributed by atoms with van der Waals surface area (Å²) in [5, 5.41) is 8.80. The van der Waals surface area contributed by atoms with E-state index in [0.717, 1.165) is 64.2 Å². The van der Waals surface area contributed by atoms with E-state index in [0.29, 0.717) is 6.42 Å². The topological polar surface area (TPSA) is 63.6 Å². The number of allylic oxidation sites excluding steroid dienone is 7. The number of rotatable bonds is 35. The van der Waals surface area contributed by atoms with Crippen molar-refractivity contribution >= 4 is 11.9 Å². The van der Waals surface area contributed by atoms with Crippen LogP contribution in [-0.2, 0) is 14.3 Å². The minimum atomic E-state index is -0.716. The van der Waals surface area contributed by atoms with E-state index in [1.165, 1.54) is 109 Å². The zero-order chi connectivity index (χ0) is 33.6. The SMILES string of the molecule is CCCCC/C=C\C/C=C\C/C=C\C(CCCCCCCC(=O)O)OC(=O)CCCCCCCCC/C=C\CCCCCCCC. The number of carboxylic acid groups (broad SMARTS) is 1. The molecule has 0 aliphatic rings. The first-order chi connectivity index (χ1) is 22.6. The second-order valence-electron chi connectivity index (χ2n) is 13.1. The molecule has 4 heteroatoms. The third kappa shape index (κ3) is 36.4. The van der Waals surface area contributed by atoms with Crippen LogP contribution in [0.5, 0.6) is 0 Å². The number of carbonyl (C=O) groups is 2. The van der Waals surface area contributed by atoms with E-state index in [-0.39, 0.29) is 18.5 Å². The quantitative estimate of drug-likeness (QED) is 0.0424. The summed E-state index contributed by atoms with van der Waals surface area (Å²) in [6, 6.07) is 0. The first kappa shape index (κ1) is 43.9. The maximum Gasteiger partial charge on any atom is 0.306 e. The molecule has 0 heterocycles. The van der Waals surface area contributed by atoms with Crippen LogP contribution in [0.2, 0.25) is 0 Å². The van der Waals surface area contributed by atoms with Crippen LogP contribution in [0.25, 0.3) is 0 Å². The number of hydrogen-bond donors (Lipinski definition) is 1. The molecular weight excluding hydrogens is 568 g/mol. The van der Waals surface area contributed by atoms with Gasteiger partial charge in [-0.05, 0) is 83.1 Å². The zero-order valence-electron chi connectivity index (χ0n) is 30.4. The largest absolute Gasteiger partial charge is 0.481 e. The van der Waals surface area contributed by atoms with Crippen molar-refractivity contribution in [3.8, 4) is 0 Å². The second-order valence-corrected chi connectivity index (χ2v) is 13.1. The number of hydrogen-bond acceptors (Lipinski definition) is 3.